The van der Waals surface area contributed by atoms with Gasteiger partial charge < -0.3 is 0 Å². The molecule has 2 nitrogen and oxygen atoms in total. The zero-order chi connectivity index (χ0) is 15.2. The van der Waals surface area contributed by atoms with Gasteiger partial charge in [0.1, 0.15) is 20.6 Å². The van der Waals surface area contributed by atoms with E-state index in [1.807, 2.05) is 0 Å². The zero-order valence-corrected chi connectivity index (χ0v) is 21.6. The summed E-state index contributed by atoms with van der Waals surface area (Å²) >= 11 is 27.9. The fourth-order valence-corrected chi connectivity index (χ4v) is 5.38. The largest absolute Gasteiger partial charge is 0.237 e. The molecule has 0 aromatic carbocycles. The Bertz CT molecular complexity index is 654. The Morgan fingerprint density at radius 1 is 0.400 bits per heavy atom. The van der Waals surface area contributed by atoms with Crippen LogP contribution in [0.4, 0.5) is 0 Å². The second-order valence-electron chi connectivity index (χ2n) is 3.39. The molecule has 0 radical (unpaired) electrons. The molecule has 106 valence electrons. The second kappa shape index (κ2) is 7.36. The van der Waals surface area contributed by atoms with Crippen LogP contribution in [0.3, 0.4) is 0 Å². The van der Waals surface area contributed by atoms with Gasteiger partial charge in [-0.1, -0.05) is 0 Å². The highest BCUT2D eigenvalue weighted by atomic mass is 79.9. The molecule has 0 bridgehead atoms. The first-order chi connectivity index (χ1) is 9.25. The molecule has 0 spiro atoms. The van der Waals surface area contributed by atoms with E-state index in [9.17, 15) is 0 Å². The Balaban J connectivity index is 2.83. The van der Waals surface area contributed by atoms with Crippen LogP contribution in [0.15, 0.2) is 36.0 Å². The SMILES string of the molecule is Brc1nc(-c2nc(Br)c(Br)c(Br)c2Br)c(Br)c(Br)c1Br. The molecule has 0 saturated carbocycles. The highest BCUT2D eigenvalue weighted by molar-refractivity contribution is 9.15. The second-order valence-corrected chi connectivity index (χ2v) is 9.65. The normalized spacial score (nSPS) is 11.0. The van der Waals surface area contributed by atoms with Gasteiger partial charge in [0.05, 0.1) is 26.8 Å². The van der Waals surface area contributed by atoms with Crippen LogP contribution >= 0.6 is 127 Å². The van der Waals surface area contributed by atoms with Gasteiger partial charge in [-0.3, -0.25) is 0 Å². The average molecular weight is 787 g/mol. The van der Waals surface area contributed by atoms with Crippen molar-refractivity contribution in [2.24, 2.45) is 0 Å². The van der Waals surface area contributed by atoms with Crippen LogP contribution in [0.1, 0.15) is 0 Å². The lowest BCUT2D eigenvalue weighted by Gasteiger charge is -2.12. The molecule has 0 aliphatic carbocycles. The van der Waals surface area contributed by atoms with E-state index < -0.39 is 0 Å². The number of nitrogens with zero attached hydrogens (tertiary/aromatic N) is 2. The summed E-state index contributed by atoms with van der Waals surface area (Å²) in [5.74, 6) is 0. The summed E-state index contributed by atoms with van der Waals surface area (Å²) in [6.07, 6.45) is 0. The molecule has 0 N–H and O–H groups in total. The molecule has 0 atom stereocenters. The van der Waals surface area contributed by atoms with Crippen molar-refractivity contribution in [3.63, 3.8) is 0 Å². The van der Waals surface area contributed by atoms with Crippen molar-refractivity contribution in [1.82, 2.24) is 9.97 Å². The first kappa shape index (κ1) is 18.5. The van der Waals surface area contributed by atoms with Crippen molar-refractivity contribution >= 4 is 127 Å². The fourth-order valence-electron chi connectivity index (χ4n) is 1.29. The molecule has 2 aromatic rings. The number of hydrogen-bond acceptors (Lipinski definition) is 2. The van der Waals surface area contributed by atoms with Gasteiger partial charge in [-0.25, -0.2) is 9.97 Å². The van der Waals surface area contributed by atoms with E-state index in [1.165, 1.54) is 0 Å². The molecule has 0 aliphatic rings. The van der Waals surface area contributed by atoms with Crippen LogP contribution in [0.25, 0.3) is 11.4 Å². The van der Waals surface area contributed by atoms with Crippen LogP contribution in [0.5, 0.6) is 0 Å². The lowest BCUT2D eigenvalue weighted by Crippen LogP contribution is -1.96. The molecule has 0 saturated heterocycles. The van der Waals surface area contributed by atoms with E-state index in [-0.39, 0.29) is 0 Å². The Morgan fingerprint density at radius 3 is 1.00 bits per heavy atom. The highest BCUT2D eigenvalue weighted by Crippen LogP contribution is 2.45. The molecular formula is C10Br8N2. The molecule has 0 amide bonds. The Morgan fingerprint density at radius 2 is 0.700 bits per heavy atom. The lowest BCUT2D eigenvalue weighted by atomic mass is 10.2. The van der Waals surface area contributed by atoms with Gasteiger partial charge in [-0.2, -0.15) is 0 Å². The third-order valence-electron chi connectivity index (χ3n) is 2.19. The van der Waals surface area contributed by atoms with E-state index in [2.05, 4.69) is 137 Å². The lowest BCUT2D eigenvalue weighted by molar-refractivity contribution is 1.15. The van der Waals surface area contributed by atoms with Crippen molar-refractivity contribution < 1.29 is 0 Å². The summed E-state index contributed by atoms with van der Waals surface area (Å²) < 4.78 is 6.37. The van der Waals surface area contributed by atoms with Gasteiger partial charge in [0.15, 0.2) is 0 Å². The third kappa shape index (κ3) is 3.47. The van der Waals surface area contributed by atoms with Crippen molar-refractivity contribution in [2.75, 3.05) is 0 Å². The molecule has 10 heteroatoms. The van der Waals surface area contributed by atoms with Crippen LogP contribution in [0, 0.1) is 0 Å². The number of halogens is 8. The molecule has 0 unspecified atom stereocenters. The smallest absolute Gasteiger partial charge is 0.122 e. The zero-order valence-electron chi connectivity index (χ0n) is 8.92. The monoisotopic (exact) mass is 779 g/mol. The van der Waals surface area contributed by atoms with Crippen molar-refractivity contribution in [1.29, 1.82) is 0 Å². The van der Waals surface area contributed by atoms with Crippen LogP contribution in [-0.4, -0.2) is 9.97 Å². The maximum absolute atomic E-state index is 4.52. The minimum Gasteiger partial charge on any atom is -0.237 e. The first-order valence-electron chi connectivity index (χ1n) is 4.66. The number of pyridine rings is 2. The summed E-state index contributed by atoms with van der Waals surface area (Å²) in [7, 11) is 0. The molecule has 0 aliphatic heterocycles. The maximum Gasteiger partial charge on any atom is 0.122 e. The predicted molar refractivity (Wildman–Crippen MR) is 109 cm³/mol. The van der Waals surface area contributed by atoms with Crippen molar-refractivity contribution in [2.45, 2.75) is 0 Å². The summed E-state index contributed by atoms with van der Waals surface area (Å²) in [6.45, 7) is 0. The predicted octanol–water partition coefficient (Wildman–Crippen LogP) is 8.24. The summed E-state index contributed by atoms with van der Waals surface area (Å²) in [4.78, 5) is 9.04. The van der Waals surface area contributed by atoms with Gasteiger partial charge in [-0.05, 0) is 127 Å². The Kier molecular flexibility index (Phi) is 6.80. The van der Waals surface area contributed by atoms with E-state index in [1.54, 1.807) is 0 Å². The van der Waals surface area contributed by atoms with E-state index in [0.29, 0.717) is 20.6 Å². The summed E-state index contributed by atoms with van der Waals surface area (Å²) in [6, 6.07) is 0. The number of hydrogen-bond donors (Lipinski definition) is 0. The highest BCUT2D eigenvalue weighted by Gasteiger charge is 2.21. The third-order valence-corrected chi connectivity index (χ3v) is 11.2. The van der Waals surface area contributed by atoms with Crippen molar-refractivity contribution in [3.05, 3.63) is 36.0 Å². The summed E-state index contributed by atoms with van der Waals surface area (Å²) in [5.41, 5.74) is 1.40. The van der Waals surface area contributed by atoms with E-state index in [0.717, 1.165) is 26.8 Å². The molecule has 0 fully saturated rings. The number of rotatable bonds is 1. The van der Waals surface area contributed by atoms with Crippen molar-refractivity contribution in [3.8, 4) is 11.4 Å². The molecule has 2 rings (SSSR count). The minimum absolute atomic E-state index is 0.687. The first-order valence-corrected chi connectivity index (χ1v) is 11.0. The van der Waals surface area contributed by atoms with Gasteiger partial charge in [-0.15, -0.1) is 0 Å². The van der Waals surface area contributed by atoms with E-state index >= 15 is 0 Å². The molecular weight excluding hydrogens is 787 g/mol. The Labute approximate surface area is 182 Å². The van der Waals surface area contributed by atoms with Crippen LogP contribution < -0.4 is 0 Å². The van der Waals surface area contributed by atoms with Crippen LogP contribution in [-0.2, 0) is 0 Å². The van der Waals surface area contributed by atoms with Gasteiger partial charge >= 0.3 is 0 Å². The molecule has 2 aromatic heterocycles. The fraction of sp³-hybridized carbons (Fsp3) is 0. The average Bonchev–Trinajstić information content (AvgIpc) is 2.42. The molecule has 20 heavy (non-hydrogen) atoms. The van der Waals surface area contributed by atoms with Crippen LogP contribution in [0.2, 0.25) is 0 Å². The van der Waals surface area contributed by atoms with Gasteiger partial charge in [0.2, 0.25) is 0 Å². The quantitative estimate of drug-likeness (QED) is 0.273. The standard InChI is InChI=1S/C10Br8N2/c11-1-3(13)7(19-9(17)5(1)15)8-4(14)2(12)6(16)10(18)20-8. The summed E-state index contributed by atoms with van der Waals surface area (Å²) in [5, 5.41) is 0. The van der Waals surface area contributed by atoms with Gasteiger partial charge in [0.25, 0.3) is 0 Å². The number of aromatic nitrogens is 2. The maximum atomic E-state index is 4.52. The topological polar surface area (TPSA) is 25.8 Å². The molecule has 2 heterocycles. The minimum atomic E-state index is 0.687. The Hall–Kier alpha value is 2.14. The van der Waals surface area contributed by atoms with Gasteiger partial charge in [0, 0.05) is 0 Å². The van der Waals surface area contributed by atoms with E-state index in [4.69, 9.17) is 0 Å².